The van der Waals surface area contributed by atoms with E-state index in [2.05, 4.69) is 0 Å². The number of allylic oxidation sites excluding steroid dienone is 1. The molecule has 17 nitrogen and oxygen atoms in total. The van der Waals surface area contributed by atoms with Crippen molar-refractivity contribution in [2.24, 2.45) is 28.6 Å². The summed E-state index contributed by atoms with van der Waals surface area (Å²) < 4.78 is 23.3. The largest absolute Gasteiger partial charge is 0.394 e. The van der Waals surface area contributed by atoms with Crippen LogP contribution in [-0.4, -0.2) is 177 Å². The second-order valence-corrected chi connectivity index (χ2v) is 18.8. The van der Waals surface area contributed by atoms with Crippen molar-refractivity contribution in [1.82, 2.24) is 0 Å². The minimum Gasteiger partial charge on any atom is -0.394 e. The second kappa shape index (κ2) is 15.7. The normalized spacial score (nSPS) is 50.0. The van der Waals surface area contributed by atoms with Crippen molar-refractivity contribution in [2.75, 3.05) is 13.2 Å². The highest BCUT2D eigenvalue weighted by molar-refractivity contribution is 5.95. The first-order valence-electron chi connectivity index (χ1n) is 20.0. The van der Waals surface area contributed by atoms with Gasteiger partial charge >= 0.3 is 0 Å². The van der Waals surface area contributed by atoms with Gasteiger partial charge in [0.1, 0.15) is 48.8 Å². The number of hydrogen-bond acceptors (Lipinski definition) is 17. The van der Waals surface area contributed by atoms with Crippen LogP contribution in [0.1, 0.15) is 86.0 Å². The van der Waals surface area contributed by atoms with Gasteiger partial charge in [0.25, 0.3) is 0 Å². The van der Waals surface area contributed by atoms with Crippen LogP contribution in [0.25, 0.3) is 0 Å². The topological polar surface area (TPSA) is 297 Å². The predicted octanol–water partition coefficient (Wildman–Crippen LogP) is -2.50. The summed E-state index contributed by atoms with van der Waals surface area (Å²) in [6, 6.07) is 0. The van der Waals surface area contributed by atoms with E-state index in [9.17, 15) is 66.1 Å². The Hall–Kier alpha value is -1.23. The molecule has 6 aliphatic rings. The van der Waals surface area contributed by atoms with Crippen LogP contribution >= 0.6 is 0 Å². The van der Waals surface area contributed by atoms with Gasteiger partial charge < -0.3 is 80.2 Å². The first-order valence-corrected chi connectivity index (χ1v) is 20.0. The third-order valence-electron chi connectivity index (χ3n) is 14.8. The van der Waals surface area contributed by atoms with Crippen LogP contribution in [0.4, 0.5) is 0 Å². The van der Waals surface area contributed by atoms with Crippen LogP contribution in [0.5, 0.6) is 0 Å². The monoisotopic (exact) mass is 804 g/mol. The Morgan fingerprint density at radius 1 is 0.821 bits per heavy atom. The van der Waals surface area contributed by atoms with Crippen LogP contribution in [-0.2, 0) is 23.7 Å². The smallest absolute Gasteiger partial charge is 0.187 e. The third-order valence-corrected chi connectivity index (χ3v) is 14.8. The zero-order valence-corrected chi connectivity index (χ0v) is 32.8. The summed E-state index contributed by atoms with van der Waals surface area (Å²) in [5.41, 5.74) is -5.82. The highest BCUT2D eigenvalue weighted by atomic mass is 16.7. The van der Waals surface area contributed by atoms with E-state index < -0.39 is 132 Å². The highest BCUT2D eigenvalue weighted by Crippen LogP contribution is 2.69. The fourth-order valence-electron chi connectivity index (χ4n) is 11.3. The summed E-state index contributed by atoms with van der Waals surface area (Å²) >= 11 is 0. The lowest BCUT2D eigenvalue weighted by molar-refractivity contribution is -0.328. The number of aliphatic hydroxyl groups excluding tert-OH is 9. The van der Waals surface area contributed by atoms with E-state index in [1.807, 2.05) is 13.8 Å². The average Bonchev–Trinajstić information content (AvgIpc) is 3.42. The summed E-state index contributed by atoms with van der Waals surface area (Å²) in [7, 11) is 0. The van der Waals surface area contributed by atoms with E-state index in [1.165, 1.54) is 6.08 Å². The minimum absolute atomic E-state index is 0.0387. The lowest BCUT2D eigenvalue weighted by atomic mass is 9.45. The Labute approximate surface area is 326 Å². The molecule has 6 rings (SSSR count). The van der Waals surface area contributed by atoms with Crippen molar-refractivity contribution in [3.8, 4) is 0 Å². The van der Waals surface area contributed by atoms with Gasteiger partial charge in [-0.1, -0.05) is 13.8 Å². The van der Waals surface area contributed by atoms with E-state index >= 15 is 0 Å². The number of carbonyl (C=O) groups excluding carboxylic acids is 1. The molecule has 56 heavy (non-hydrogen) atoms. The van der Waals surface area contributed by atoms with Crippen LogP contribution in [0, 0.1) is 28.6 Å². The van der Waals surface area contributed by atoms with Crippen molar-refractivity contribution in [2.45, 2.75) is 183 Å². The molecule has 2 aliphatic heterocycles. The molecule has 2 heterocycles. The van der Waals surface area contributed by atoms with Crippen molar-refractivity contribution < 1.29 is 85.0 Å². The molecule has 0 spiro atoms. The average molecular weight is 805 g/mol. The lowest BCUT2D eigenvalue weighted by Gasteiger charge is -2.61. The Bertz CT molecular complexity index is 1450. The second-order valence-electron chi connectivity index (χ2n) is 18.8. The molecule has 0 amide bonds. The van der Waals surface area contributed by atoms with Crippen LogP contribution in [0.3, 0.4) is 0 Å². The number of ketones is 1. The molecule has 5 fully saturated rings. The third kappa shape index (κ3) is 7.34. The molecule has 0 radical (unpaired) electrons. The summed E-state index contributed by atoms with van der Waals surface area (Å²) in [5, 5.41) is 130. The first-order chi connectivity index (χ1) is 25.9. The van der Waals surface area contributed by atoms with Crippen LogP contribution < -0.4 is 0 Å². The van der Waals surface area contributed by atoms with Crippen LogP contribution in [0.2, 0.25) is 0 Å². The van der Waals surface area contributed by atoms with Crippen molar-refractivity contribution in [1.29, 1.82) is 0 Å². The maximum Gasteiger partial charge on any atom is 0.187 e. The quantitative estimate of drug-likeness (QED) is 0.103. The van der Waals surface area contributed by atoms with E-state index in [0.29, 0.717) is 24.8 Å². The van der Waals surface area contributed by atoms with E-state index in [0.717, 1.165) is 0 Å². The lowest BCUT2D eigenvalue weighted by Crippen LogP contribution is -2.64. The molecule has 322 valence electrons. The molecule has 12 N–H and O–H groups in total. The van der Waals surface area contributed by atoms with E-state index in [1.54, 1.807) is 20.8 Å². The summed E-state index contributed by atoms with van der Waals surface area (Å²) in [6.45, 7) is 7.20. The summed E-state index contributed by atoms with van der Waals surface area (Å²) in [5.74, 6) is -1.94. The maximum atomic E-state index is 14.1. The molecular weight excluding hydrogens is 740 g/mol. The van der Waals surface area contributed by atoms with Gasteiger partial charge in [-0.25, -0.2) is 0 Å². The van der Waals surface area contributed by atoms with Crippen molar-refractivity contribution in [3.05, 3.63) is 11.6 Å². The van der Waals surface area contributed by atoms with Crippen molar-refractivity contribution in [3.63, 3.8) is 0 Å². The number of carbonyl (C=O) groups is 1. The molecule has 0 aromatic carbocycles. The van der Waals surface area contributed by atoms with Gasteiger partial charge in [-0.3, -0.25) is 4.79 Å². The predicted molar refractivity (Wildman–Crippen MR) is 192 cm³/mol. The summed E-state index contributed by atoms with van der Waals surface area (Å²) in [6.07, 6.45) is -15.6. The highest BCUT2D eigenvalue weighted by Gasteiger charge is 2.69. The zero-order chi connectivity index (χ0) is 41.5. The Kier molecular flexibility index (Phi) is 12.4. The minimum atomic E-state index is -1.75. The molecule has 0 aromatic rings. The Balaban J connectivity index is 1.25. The molecule has 2 saturated heterocycles. The van der Waals surface area contributed by atoms with Gasteiger partial charge in [0.05, 0.1) is 48.3 Å². The number of hydrogen-bond donors (Lipinski definition) is 12. The number of aliphatic hydroxyl groups is 12. The molecule has 3 saturated carbocycles. The maximum absolute atomic E-state index is 14.1. The van der Waals surface area contributed by atoms with Crippen molar-refractivity contribution >= 4 is 5.78 Å². The first kappa shape index (κ1) is 44.3. The van der Waals surface area contributed by atoms with Gasteiger partial charge in [0.2, 0.25) is 0 Å². The van der Waals surface area contributed by atoms with Gasteiger partial charge in [0, 0.05) is 11.3 Å². The fourth-order valence-corrected chi connectivity index (χ4v) is 11.3. The van der Waals surface area contributed by atoms with Gasteiger partial charge in [-0.2, -0.15) is 0 Å². The molecule has 0 bridgehead atoms. The fraction of sp³-hybridized carbons (Fsp3) is 0.923. The molecule has 20 unspecified atom stereocenters. The molecular formula is C39H64O17. The number of fused-ring (bicyclic) bond motifs is 5. The number of rotatable bonds is 11. The molecule has 17 heteroatoms. The molecule has 20 atom stereocenters. The Morgan fingerprint density at radius 2 is 1.39 bits per heavy atom. The van der Waals surface area contributed by atoms with Gasteiger partial charge in [0.15, 0.2) is 18.4 Å². The Morgan fingerprint density at radius 3 is 1.96 bits per heavy atom. The van der Waals surface area contributed by atoms with Gasteiger partial charge in [-0.15, -0.1) is 0 Å². The standard InChI is InChI=1S/C39H64O17/c1-35(2,50)9-8-26(56-34-32(49)30(47)28(45)24(16-41)55-34)38(5,51)25-7-11-39(52)18-12-20(42)19-13-22(53-33-31(48)29(46)27(44)23(15-40)54-33)21(43)14-36(19,3)17(18)6-10-37(25,39)4/h12,17,19,21-34,40-41,43-52H,6-11,13-16H2,1-5H3. The van der Waals surface area contributed by atoms with E-state index in [4.69, 9.17) is 18.9 Å². The zero-order valence-electron chi connectivity index (χ0n) is 32.8. The SMILES string of the molecule is CC(C)(O)CCC(OC1OC(CO)C(O)C(O)C1O)C(C)(O)C1CCC2(O)C3=CC(=O)C4CC(OC5OC(CO)C(O)C(O)C5O)C(O)CC4(C)C3CCC12C. The number of ether oxygens (including phenoxy) is 4. The van der Waals surface area contributed by atoms with Gasteiger partial charge in [-0.05, 0) is 101 Å². The van der Waals surface area contributed by atoms with Crippen LogP contribution in [0.15, 0.2) is 11.6 Å². The summed E-state index contributed by atoms with van der Waals surface area (Å²) in [4.78, 5) is 14.1. The molecule has 0 aromatic heterocycles. The molecule has 4 aliphatic carbocycles. The van der Waals surface area contributed by atoms with E-state index in [-0.39, 0.29) is 43.8 Å².